The second-order valence-electron chi connectivity index (χ2n) is 23.0. The summed E-state index contributed by atoms with van der Waals surface area (Å²) in [6.07, 6.45) is 0. The monoisotopic (exact) mass is 1040 g/mol. The fraction of sp³-hybridized carbons (Fsp3) is 0.108. The van der Waals surface area contributed by atoms with Crippen LogP contribution < -0.4 is 31.1 Å². The molecule has 0 aliphatic carbocycles. The first-order valence-electron chi connectivity index (χ1n) is 32.1. The van der Waals surface area contributed by atoms with Gasteiger partial charge in [0.25, 0.3) is 6.71 Å². The summed E-state index contributed by atoms with van der Waals surface area (Å²) in [6, 6.07) is 56.4. The van der Waals surface area contributed by atoms with Crippen LogP contribution in [0.25, 0.3) is 66.1 Å². The van der Waals surface area contributed by atoms with Gasteiger partial charge in [0.15, 0.2) is 0 Å². The number of hydrogen-bond donors (Lipinski definition) is 0. The van der Waals surface area contributed by atoms with Crippen molar-refractivity contribution in [1.82, 2.24) is 0 Å². The first kappa shape index (κ1) is 38.1. The third-order valence-electron chi connectivity index (χ3n) is 16.1. The van der Waals surface area contributed by atoms with Crippen molar-refractivity contribution >= 4 is 118 Å². The molecule has 0 radical (unpaired) electrons. The van der Waals surface area contributed by atoms with E-state index in [-0.39, 0.29) is 22.5 Å². The lowest BCUT2D eigenvalue weighted by Crippen LogP contribution is -2.61. The topological polar surface area (TPSA) is 36.0 Å². The molecule has 2 aliphatic rings. The molecule has 80 heavy (non-hydrogen) atoms. The summed E-state index contributed by atoms with van der Waals surface area (Å²) >= 11 is 0. The summed E-state index contributed by atoms with van der Waals surface area (Å²) in [6.45, 7) is 12.6. The van der Waals surface area contributed by atoms with Crippen LogP contribution in [0.3, 0.4) is 0 Å². The maximum Gasteiger partial charge on any atom is 0.252 e. The second kappa shape index (κ2) is 18.0. The van der Waals surface area contributed by atoms with Crippen molar-refractivity contribution in [3.05, 3.63) is 254 Å². The molecule has 384 valence electrons. The number of anilines is 9. The molecule has 11 aromatic carbocycles. The highest BCUT2D eigenvalue weighted by molar-refractivity contribution is 7.00. The number of fused-ring (bicyclic) bond motifs is 10. The summed E-state index contributed by atoms with van der Waals surface area (Å²) in [4.78, 5) is 5.84. The minimum atomic E-state index is -0.645. The Bertz CT molecular complexity index is 5080. The Morgan fingerprint density at radius 2 is 0.900 bits per heavy atom. The Hall–Kier alpha value is -9.52. The molecule has 0 saturated heterocycles. The van der Waals surface area contributed by atoms with Gasteiger partial charge in [-0.05, 0) is 140 Å². The van der Waals surface area contributed by atoms with Crippen molar-refractivity contribution in [2.75, 3.05) is 14.7 Å². The maximum atomic E-state index is 9.42. The third-order valence-corrected chi connectivity index (χ3v) is 16.1. The molecule has 6 heteroatoms. The summed E-state index contributed by atoms with van der Waals surface area (Å²) < 4.78 is 104. The first-order valence-corrected chi connectivity index (χ1v) is 27.1. The lowest BCUT2D eigenvalue weighted by molar-refractivity contribution is 0.590. The van der Waals surface area contributed by atoms with Crippen LogP contribution in [0, 0.1) is 0 Å². The summed E-state index contributed by atoms with van der Waals surface area (Å²) in [5.74, 6) is 0. The zero-order chi connectivity index (χ0) is 62.7. The first-order chi connectivity index (χ1) is 43.1. The van der Waals surface area contributed by atoms with Crippen LogP contribution in [-0.2, 0) is 10.8 Å². The smallest absolute Gasteiger partial charge is 0.252 e. The highest BCUT2D eigenvalue weighted by Gasteiger charge is 2.45. The van der Waals surface area contributed by atoms with E-state index in [4.69, 9.17) is 17.1 Å². The summed E-state index contributed by atoms with van der Waals surface area (Å²) in [5, 5.41) is 4.11. The highest BCUT2D eigenvalue weighted by Crippen LogP contribution is 2.49. The zero-order valence-corrected chi connectivity index (χ0v) is 45.1. The Balaban J connectivity index is 1.03. The lowest BCUT2D eigenvalue weighted by atomic mass is 9.33. The van der Waals surface area contributed by atoms with Gasteiger partial charge in [-0.3, -0.25) is 0 Å². The second-order valence-corrected chi connectivity index (χ2v) is 23.0. The summed E-state index contributed by atoms with van der Waals surface area (Å²) in [5.41, 5.74) is 16.0. The number of benzene rings is 11. The van der Waals surface area contributed by atoms with Gasteiger partial charge in [-0.1, -0.05) is 193 Å². The van der Waals surface area contributed by atoms with Gasteiger partial charge in [-0.2, -0.15) is 0 Å². The van der Waals surface area contributed by atoms with E-state index in [0.717, 1.165) is 122 Å². The quantitative estimate of drug-likeness (QED) is 0.149. The molecule has 0 unspecified atom stereocenters. The van der Waals surface area contributed by atoms with Crippen LogP contribution in [-0.4, -0.2) is 6.71 Å². The van der Waals surface area contributed by atoms with E-state index < -0.39 is 72.6 Å². The minimum Gasteiger partial charge on any atom is -0.455 e. The van der Waals surface area contributed by atoms with Gasteiger partial charge in [-0.25, -0.2) is 0 Å². The Morgan fingerprint density at radius 1 is 0.400 bits per heavy atom. The molecule has 0 saturated carbocycles. The van der Waals surface area contributed by atoms with Gasteiger partial charge in [-0.15, -0.1) is 0 Å². The molecule has 0 atom stereocenters. The average molecular weight is 1040 g/mol. The third kappa shape index (κ3) is 7.61. The van der Waals surface area contributed by atoms with Gasteiger partial charge >= 0.3 is 0 Å². The Morgan fingerprint density at radius 3 is 1.46 bits per heavy atom. The van der Waals surface area contributed by atoms with Crippen molar-refractivity contribution in [3.63, 3.8) is 0 Å². The van der Waals surface area contributed by atoms with E-state index >= 15 is 0 Å². The highest BCUT2D eigenvalue weighted by atomic mass is 16.3. The molecular formula is C74H58BN3O2. The van der Waals surface area contributed by atoms with Crippen molar-refractivity contribution in [2.45, 2.75) is 52.4 Å². The molecule has 5 nitrogen and oxygen atoms in total. The normalized spacial score (nSPS) is 14.8. The molecule has 4 heterocycles. The average Bonchev–Trinajstić information content (AvgIpc) is 0.708. The van der Waals surface area contributed by atoms with Crippen molar-refractivity contribution < 1.29 is 22.5 Å². The van der Waals surface area contributed by atoms with Crippen molar-refractivity contribution in [2.24, 2.45) is 0 Å². The minimum absolute atomic E-state index is 0.194. The number of furan rings is 2. The van der Waals surface area contributed by atoms with E-state index in [1.165, 1.54) is 4.90 Å². The van der Waals surface area contributed by atoms with E-state index in [9.17, 15) is 5.48 Å². The molecular weight excluding hydrogens is 974 g/mol. The Labute approximate surface area is 481 Å². The van der Waals surface area contributed by atoms with Crippen LogP contribution in [0.5, 0.6) is 0 Å². The predicted molar refractivity (Wildman–Crippen MR) is 338 cm³/mol. The van der Waals surface area contributed by atoms with Crippen LogP contribution in [0.4, 0.5) is 51.2 Å². The zero-order valence-electron chi connectivity index (χ0n) is 55.1. The standard InChI is InChI=1S/C74H58BN3O2/c1-73(2,3)49-34-38-54(39-35-49)78-65-46-55(76(51-19-9-7-10-20-51)52-21-11-8-12-22-52)40-41-62(65)75-63-43-48(57-26-18-28-61-59-24-14-16-30-69(59)80-72(57)61)33-42-64(63)77(66-44-50(74(4,5)6)45-67(78)70(66)75)53-36-31-47(32-37-53)56-25-17-27-60-58-23-13-15-29-68(58)79-71(56)60/h7-46H,1-6H3/i7D,8D,9D,10D,11D,12D,19D,20D,21D,22D. The van der Waals surface area contributed by atoms with Gasteiger partial charge < -0.3 is 23.5 Å². The van der Waals surface area contributed by atoms with Crippen LogP contribution in [0.1, 0.15) is 66.4 Å². The molecule has 0 bridgehead atoms. The van der Waals surface area contributed by atoms with Gasteiger partial charge in [0, 0.05) is 83.9 Å². The van der Waals surface area contributed by atoms with Crippen molar-refractivity contribution in [1.29, 1.82) is 0 Å². The molecule has 15 rings (SSSR count). The van der Waals surface area contributed by atoms with E-state index in [2.05, 4.69) is 179 Å². The lowest BCUT2D eigenvalue weighted by Gasteiger charge is -2.45. The fourth-order valence-corrected chi connectivity index (χ4v) is 12.2. The molecule has 0 amide bonds. The molecule has 0 N–H and O–H groups in total. The van der Waals surface area contributed by atoms with Crippen LogP contribution in [0.15, 0.2) is 251 Å². The van der Waals surface area contributed by atoms with Crippen LogP contribution >= 0.6 is 0 Å². The fourth-order valence-electron chi connectivity index (χ4n) is 12.2. The molecule has 13 aromatic rings. The van der Waals surface area contributed by atoms with E-state index in [1.807, 2.05) is 48.5 Å². The SMILES string of the molecule is [2H]c1c([2H])c([2H])c(N(c2ccc3c(c2)N(c2ccc(C(C)(C)C)cc2)c2cc(C(C)(C)C)cc4c2B3c2cc(-c3cccc5c3oc3ccccc35)ccc2N4c2ccc(-c3cccc4c3oc3ccccc34)cc2)c2c([2H])c([2H])c([2H])c([2H])c2[2H])c([2H])c1[2H]. The largest absolute Gasteiger partial charge is 0.455 e. The van der Waals surface area contributed by atoms with Gasteiger partial charge in [0.2, 0.25) is 0 Å². The number of hydrogen-bond acceptors (Lipinski definition) is 5. The number of nitrogens with zero attached hydrogens (tertiary/aromatic N) is 3. The summed E-state index contributed by atoms with van der Waals surface area (Å²) in [7, 11) is 0. The van der Waals surface area contributed by atoms with Gasteiger partial charge in [0.05, 0.1) is 13.7 Å². The molecule has 2 aliphatic heterocycles. The predicted octanol–water partition coefficient (Wildman–Crippen LogP) is 19.0. The van der Waals surface area contributed by atoms with Crippen LogP contribution in [0.2, 0.25) is 0 Å². The number of rotatable bonds is 7. The van der Waals surface area contributed by atoms with E-state index in [1.54, 1.807) is 6.07 Å². The Kier molecular flexibility index (Phi) is 8.59. The van der Waals surface area contributed by atoms with E-state index in [0.29, 0.717) is 5.69 Å². The maximum absolute atomic E-state index is 9.42. The number of para-hydroxylation sites is 6. The molecule has 0 fully saturated rings. The molecule has 0 spiro atoms. The van der Waals surface area contributed by atoms with Gasteiger partial charge in [0.1, 0.15) is 22.3 Å². The van der Waals surface area contributed by atoms with Crippen molar-refractivity contribution in [3.8, 4) is 22.3 Å². The molecule has 2 aromatic heterocycles.